The van der Waals surface area contributed by atoms with Gasteiger partial charge in [0.15, 0.2) is 0 Å². The molecule has 0 radical (unpaired) electrons. The number of piperidine rings is 1. The molecule has 1 heterocycles. The summed E-state index contributed by atoms with van der Waals surface area (Å²) in [5, 5.41) is 3.37. The number of carbonyl (C=O) groups excluding carboxylic acids is 1. The van der Waals surface area contributed by atoms with Crippen molar-refractivity contribution in [2.45, 2.75) is 38.6 Å². The Bertz CT molecular complexity index is 547. The Morgan fingerprint density at radius 1 is 1.50 bits per heavy atom. The predicted molar refractivity (Wildman–Crippen MR) is 87.4 cm³/mol. The summed E-state index contributed by atoms with van der Waals surface area (Å²) < 4.78 is 13.2. The number of halogens is 2. The number of nitrogens with one attached hydrogen (secondary N) is 1. The maximum Gasteiger partial charge on any atom is 0.220 e. The van der Waals surface area contributed by atoms with Crippen LogP contribution in [0.2, 0.25) is 5.02 Å². The highest BCUT2D eigenvalue weighted by atomic mass is 35.5. The van der Waals surface area contributed by atoms with Gasteiger partial charge in [-0.05, 0) is 63.9 Å². The molecule has 1 atom stereocenters. The van der Waals surface area contributed by atoms with Crippen molar-refractivity contribution < 1.29 is 9.18 Å². The van der Waals surface area contributed by atoms with Gasteiger partial charge >= 0.3 is 0 Å². The average molecular weight is 327 g/mol. The van der Waals surface area contributed by atoms with Gasteiger partial charge in [0, 0.05) is 18.0 Å². The average Bonchev–Trinajstić information content (AvgIpc) is 2.36. The molecule has 1 aliphatic rings. The van der Waals surface area contributed by atoms with Crippen LogP contribution in [0.25, 0.3) is 0 Å². The molecule has 1 N–H and O–H groups in total. The van der Waals surface area contributed by atoms with E-state index in [0.29, 0.717) is 17.4 Å². The Hall–Kier alpha value is -1.13. The van der Waals surface area contributed by atoms with Crippen LogP contribution < -0.4 is 5.32 Å². The van der Waals surface area contributed by atoms with E-state index in [1.165, 1.54) is 12.1 Å². The second kappa shape index (κ2) is 6.97. The maximum atomic E-state index is 13.2. The molecule has 122 valence electrons. The highest BCUT2D eigenvalue weighted by molar-refractivity contribution is 6.31. The Morgan fingerprint density at radius 3 is 2.86 bits per heavy atom. The summed E-state index contributed by atoms with van der Waals surface area (Å²) in [5.74, 6) is 0.0463. The van der Waals surface area contributed by atoms with E-state index in [0.717, 1.165) is 31.5 Å². The molecule has 5 heteroatoms. The molecule has 0 unspecified atom stereocenters. The highest BCUT2D eigenvalue weighted by Gasteiger charge is 2.27. The van der Waals surface area contributed by atoms with Crippen molar-refractivity contribution in [1.82, 2.24) is 10.2 Å². The van der Waals surface area contributed by atoms with Crippen LogP contribution >= 0.6 is 11.6 Å². The Kier molecular flexibility index (Phi) is 5.45. The third kappa shape index (κ3) is 4.43. The fourth-order valence-electron chi connectivity index (χ4n) is 3.17. The molecule has 0 saturated carbocycles. The molecular formula is C17H24ClFN2O. The van der Waals surface area contributed by atoms with Gasteiger partial charge in [0.25, 0.3) is 0 Å². The minimum absolute atomic E-state index is 0.0192. The summed E-state index contributed by atoms with van der Waals surface area (Å²) in [6, 6.07) is 4.28. The zero-order valence-corrected chi connectivity index (χ0v) is 14.2. The van der Waals surface area contributed by atoms with E-state index in [2.05, 4.69) is 17.3 Å². The lowest BCUT2D eigenvalue weighted by molar-refractivity contribution is -0.124. The lowest BCUT2D eigenvalue weighted by atomic mass is 9.91. The van der Waals surface area contributed by atoms with Crippen molar-refractivity contribution in [2.24, 2.45) is 5.92 Å². The Morgan fingerprint density at radius 2 is 2.23 bits per heavy atom. The summed E-state index contributed by atoms with van der Waals surface area (Å²) in [6.45, 7) is 5.84. The number of nitrogens with zero attached hydrogens (tertiary/aromatic N) is 1. The van der Waals surface area contributed by atoms with Crippen LogP contribution in [0.3, 0.4) is 0 Å². The van der Waals surface area contributed by atoms with E-state index < -0.39 is 5.54 Å². The van der Waals surface area contributed by atoms with Crippen LogP contribution in [-0.4, -0.2) is 30.9 Å². The smallest absolute Gasteiger partial charge is 0.220 e. The number of likely N-dealkylation sites (tertiary alicyclic amines) is 1. The zero-order chi connectivity index (χ0) is 16.3. The van der Waals surface area contributed by atoms with Gasteiger partial charge in [-0.3, -0.25) is 4.79 Å². The van der Waals surface area contributed by atoms with E-state index in [1.54, 1.807) is 6.07 Å². The molecule has 1 saturated heterocycles. The first-order valence-corrected chi connectivity index (χ1v) is 8.11. The largest absolute Gasteiger partial charge is 0.347 e. The van der Waals surface area contributed by atoms with Gasteiger partial charge in [0.1, 0.15) is 5.82 Å². The molecule has 0 spiro atoms. The van der Waals surface area contributed by atoms with E-state index in [9.17, 15) is 9.18 Å². The van der Waals surface area contributed by atoms with Crippen LogP contribution in [0, 0.1) is 11.7 Å². The van der Waals surface area contributed by atoms with Crippen molar-refractivity contribution >= 4 is 17.5 Å². The second-order valence-electron chi connectivity index (χ2n) is 6.77. The minimum atomic E-state index is -0.623. The number of rotatable bonds is 4. The van der Waals surface area contributed by atoms with Gasteiger partial charge in [-0.1, -0.05) is 17.7 Å². The molecule has 0 aromatic heterocycles. The van der Waals surface area contributed by atoms with Crippen LogP contribution in [0.1, 0.15) is 38.7 Å². The molecule has 0 bridgehead atoms. The first-order chi connectivity index (χ1) is 10.3. The van der Waals surface area contributed by atoms with Crippen LogP contribution in [0.4, 0.5) is 4.39 Å². The molecule has 3 nitrogen and oxygen atoms in total. The molecular weight excluding hydrogens is 303 g/mol. The maximum absolute atomic E-state index is 13.2. The summed E-state index contributed by atoms with van der Waals surface area (Å²) in [5.41, 5.74) is 0.104. The topological polar surface area (TPSA) is 32.3 Å². The standard InChI is InChI=1S/C17H24ClFN2O/c1-17(2,14-7-6-13(19)10-15(14)18)20-16(22)9-12-5-4-8-21(3)11-12/h6-7,10,12H,4-5,8-9,11H2,1-3H3,(H,20,22)/t12-/m0/s1. The summed E-state index contributed by atoms with van der Waals surface area (Å²) in [4.78, 5) is 14.6. The summed E-state index contributed by atoms with van der Waals surface area (Å²) in [6.07, 6.45) is 2.75. The van der Waals surface area contributed by atoms with E-state index in [1.807, 2.05) is 13.8 Å². The van der Waals surface area contributed by atoms with Gasteiger partial charge in [-0.25, -0.2) is 4.39 Å². The Balaban J connectivity index is 1.99. The highest BCUT2D eigenvalue weighted by Crippen LogP contribution is 2.29. The molecule has 1 aliphatic heterocycles. The van der Waals surface area contributed by atoms with Crippen molar-refractivity contribution in [1.29, 1.82) is 0 Å². The number of carbonyl (C=O) groups is 1. The quantitative estimate of drug-likeness (QED) is 0.917. The lowest BCUT2D eigenvalue weighted by Gasteiger charge is -2.32. The van der Waals surface area contributed by atoms with E-state index in [-0.39, 0.29) is 11.7 Å². The second-order valence-corrected chi connectivity index (χ2v) is 7.18. The van der Waals surface area contributed by atoms with Gasteiger partial charge in [0.05, 0.1) is 5.54 Å². The summed E-state index contributed by atoms with van der Waals surface area (Å²) >= 11 is 6.11. The monoisotopic (exact) mass is 326 g/mol. The number of hydrogen-bond acceptors (Lipinski definition) is 2. The minimum Gasteiger partial charge on any atom is -0.347 e. The Labute approximate surface area is 136 Å². The number of benzene rings is 1. The van der Waals surface area contributed by atoms with Crippen LogP contribution in [0.15, 0.2) is 18.2 Å². The number of amides is 1. The van der Waals surface area contributed by atoms with Gasteiger partial charge in [-0.15, -0.1) is 0 Å². The predicted octanol–water partition coefficient (Wildman–Crippen LogP) is 3.56. The SMILES string of the molecule is CN1CCC[C@@H](CC(=O)NC(C)(C)c2ccc(F)cc2Cl)C1. The van der Waals surface area contributed by atoms with E-state index in [4.69, 9.17) is 11.6 Å². The fraction of sp³-hybridized carbons (Fsp3) is 0.588. The molecule has 1 amide bonds. The first-order valence-electron chi connectivity index (χ1n) is 7.73. The lowest BCUT2D eigenvalue weighted by Crippen LogP contribution is -2.43. The van der Waals surface area contributed by atoms with Crippen LogP contribution in [-0.2, 0) is 10.3 Å². The molecule has 1 aromatic carbocycles. The molecule has 22 heavy (non-hydrogen) atoms. The van der Waals surface area contributed by atoms with E-state index >= 15 is 0 Å². The molecule has 0 aliphatic carbocycles. The third-order valence-corrected chi connectivity index (χ3v) is 4.57. The molecule has 1 aromatic rings. The van der Waals surface area contributed by atoms with Gasteiger partial charge < -0.3 is 10.2 Å². The third-order valence-electron chi connectivity index (χ3n) is 4.25. The van der Waals surface area contributed by atoms with Crippen molar-refractivity contribution in [3.63, 3.8) is 0 Å². The fourth-order valence-corrected chi connectivity index (χ4v) is 3.57. The van der Waals surface area contributed by atoms with Gasteiger partial charge in [-0.2, -0.15) is 0 Å². The van der Waals surface area contributed by atoms with Crippen molar-refractivity contribution in [3.8, 4) is 0 Å². The van der Waals surface area contributed by atoms with Crippen LogP contribution in [0.5, 0.6) is 0 Å². The van der Waals surface area contributed by atoms with Crippen molar-refractivity contribution in [3.05, 3.63) is 34.6 Å². The summed E-state index contributed by atoms with van der Waals surface area (Å²) in [7, 11) is 2.09. The van der Waals surface area contributed by atoms with Gasteiger partial charge in [0.2, 0.25) is 5.91 Å². The zero-order valence-electron chi connectivity index (χ0n) is 13.5. The van der Waals surface area contributed by atoms with Crippen molar-refractivity contribution in [2.75, 3.05) is 20.1 Å². The number of hydrogen-bond donors (Lipinski definition) is 1. The normalized spacial score (nSPS) is 20.0. The first kappa shape index (κ1) is 17.2. The molecule has 1 fully saturated rings. The molecule has 2 rings (SSSR count).